The molecule has 8 nitrogen and oxygen atoms in total. The van der Waals surface area contributed by atoms with Crippen LogP contribution in [0.4, 0.5) is 5.69 Å². The summed E-state index contributed by atoms with van der Waals surface area (Å²) in [5, 5.41) is 14.9. The molecule has 0 aliphatic rings. The average molecular weight is 468 g/mol. The van der Waals surface area contributed by atoms with Crippen molar-refractivity contribution in [3.63, 3.8) is 0 Å². The number of aromatic nitrogens is 3. The number of nitrogens with one attached hydrogen (secondary N) is 2. The van der Waals surface area contributed by atoms with Crippen molar-refractivity contribution >= 4 is 29.3 Å². The lowest BCUT2D eigenvalue weighted by Crippen LogP contribution is -2.29. The average Bonchev–Trinajstić information content (AvgIpc) is 3.15. The Balaban J connectivity index is 1.53. The van der Waals surface area contributed by atoms with Gasteiger partial charge in [0, 0.05) is 12.7 Å². The Morgan fingerprint density at radius 2 is 1.82 bits per heavy atom. The lowest BCUT2D eigenvalue weighted by Gasteiger charge is -2.14. The number of hydrogen-bond acceptors (Lipinski definition) is 6. The van der Waals surface area contributed by atoms with Gasteiger partial charge < -0.3 is 19.9 Å². The van der Waals surface area contributed by atoms with Crippen LogP contribution >= 0.6 is 11.8 Å². The van der Waals surface area contributed by atoms with Gasteiger partial charge in [0.2, 0.25) is 11.8 Å². The number of benzene rings is 2. The smallest absolute Gasteiger partial charge is 0.234 e. The van der Waals surface area contributed by atoms with Crippen LogP contribution in [0.2, 0.25) is 0 Å². The molecule has 2 aromatic carbocycles. The molecule has 0 aliphatic carbocycles. The van der Waals surface area contributed by atoms with Crippen LogP contribution in [0.15, 0.2) is 47.6 Å². The van der Waals surface area contributed by atoms with Gasteiger partial charge >= 0.3 is 0 Å². The van der Waals surface area contributed by atoms with Crippen LogP contribution in [0.3, 0.4) is 0 Å². The zero-order valence-electron chi connectivity index (χ0n) is 19.5. The van der Waals surface area contributed by atoms with E-state index < -0.39 is 0 Å². The van der Waals surface area contributed by atoms with Gasteiger partial charge in [-0.3, -0.25) is 9.59 Å². The highest BCUT2D eigenvalue weighted by Gasteiger charge is 2.18. The van der Waals surface area contributed by atoms with Crippen LogP contribution in [0.1, 0.15) is 35.5 Å². The summed E-state index contributed by atoms with van der Waals surface area (Å²) >= 11 is 1.30. The van der Waals surface area contributed by atoms with Crippen molar-refractivity contribution in [3.8, 4) is 5.75 Å². The highest BCUT2D eigenvalue weighted by molar-refractivity contribution is 7.99. The molecule has 1 aromatic heterocycles. The fourth-order valence-corrected chi connectivity index (χ4v) is 4.10. The third-order valence-electron chi connectivity index (χ3n) is 5.15. The molecule has 0 unspecified atom stereocenters. The normalized spacial score (nSPS) is 11.7. The lowest BCUT2D eigenvalue weighted by molar-refractivity contribution is -0.121. The van der Waals surface area contributed by atoms with Crippen molar-refractivity contribution in [2.24, 2.45) is 7.05 Å². The standard InChI is InChI=1S/C24H29N5O3S/c1-15-6-11-20(16(2)12-15)26-22(31)14-33-24-28-27-23(29(24)4)17(3)25-21(30)13-18-7-9-19(32-5)10-8-18/h6-12,17H,13-14H2,1-5H3,(H,25,30)(H,26,31)/t17-/m0/s1. The van der Waals surface area contributed by atoms with E-state index in [4.69, 9.17) is 4.74 Å². The maximum atomic E-state index is 12.4. The van der Waals surface area contributed by atoms with Gasteiger partial charge in [0.15, 0.2) is 11.0 Å². The molecule has 0 saturated heterocycles. The number of methoxy groups -OCH3 is 1. The van der Waals surface area contributed by atoms with Gasteiger partial charge in [0.1, 0.15) is 5.75 Å². The van der Waals surface area contributed by atoms with E-state index in [0.29, 0.717) is 11.0 Å². The van der Waals surface area contributed by atoms with Crippen molar-refractivity contribution in [3.05, 3.63) is 65.0 Å². The third kappa shape index (κ3) is 6.58. The number of thioether (sulfide) groups is 1. The van der Waals surface area contributed by atoms with E-state index in [1.165, 1.54) is 11.8 Å². The Morgan fingerprint density at radius 1 is 1.09 bits per heavy atom. The Labute approximate surface area is 198 Å². The minimum absolute atomic E-state index is 0.113. The van der Waals surface area contributed by atoms with E-state index in [1.807, 2.05) is 70.3 Å². The minimum Gasteiger partial charge on any atom is -0.497 e. The molecule has 3 rings (SSSR count). The first-order valence-corrected chi connectivity index (χ1v) is 11.6. The van der Waals surface area contributed by atoms with Crippen LogP contribution in [-0.2, 0) is 23.1 Å². The molecule has 2 amide bonds. The molecule has 0 fully saturated rings. The summed E-state index contributed by atoms with van der Waals surface area (Å²) in [6.07, 6.45) is 0.256. The molecular formula is C24H29N5O3S. The number of ether oxygens (including phenoxy) is 1. The van der Waals surface area contributed by atoms with Gasteiger partial charge in [-0.1, -0.05) is 41.6 Å². The van der Waals surface area contributed by atoms with Crippen LogP contribution < -0.4 is 15.4 Å². The Hall–Kier alpha value is -3.33. The highest BCUT2D eigenvalue weighted by atomic mass is 32.2. The number of carbonyl (C=O) groups excluding carboxylic acids is 2. The van der Waals surface area contributed by atoms with Crippen molar-refractivity contribution in [2.45, 2.75) is 38.4 Å². The number of aryl methyl sites for hydroxylation is 2. The molecule has 1 heterocycles. The zero-order chi connectivity index (χ0) is 24.0. The summed E-state index contributed by atoms with van der Waals surface area (Å²) in [7, 11) is 3.43. The van der Waals surface area contributed by atoms with Crippen molar-refractivity contribution < 1.29 is 14.3 Å². The molecule has 1 atom stereocenters. The predicted molar refractivity (Wildman–Crippen MR) is 130 cm³/mol. The first-order chi connectivity index (χ1) is 15.8. The van der Waals surface area contributed by atoms with E-state index in [-0.39, 0.29) is 30.0 Å². The molecule has 3 aromatic rings. The third-order valence-corrected chi connectivity index (χ3v) is 6.17. The number of anilines is 1. The monoisotopic (exact) mass is 467 g/mol. The van der Waals surface area contributed by atoms with Crippen molar-refractivity contribution in [1.29, 1.82) is 0 Å². The maximum Gasteiger partial charge on any atom is 0.234 e. The first kappa shape index (κ1) is 24.3. The second kappa shape index (κ2) is 11.0. The van der Waals surface area contributed by atoms with Gasteiger partial charge in [0.05, 0.1) is 25.3 Å². The van der Waals surface area contributed by atoms with Crippen molar-refractivity contribution in [1.82, 2.24) is 20.1 Å². The molecule has 0 bridgehead atoms. The summed E-state index contributed by atoms with van der Waals surface area (Å²) in [5.41, 5.74) is 3.87. The fraction of sp³-hybridized carbons (Fsp3) is 0.333. The fourth-order valence-electron chi connectivity index (χ4n) is 3.39. The van der Waals surface area contributed by atoms with E-state index in [1.54, 1.807) is 11.7 Å². The minimum atomic E-state index is -0.327. The molecular weight excluding hydrogens is 438 g/mol. The highest BCUT2D eigenvalue weighted by Crippen LogP contribution is 2.21. The molecule has 174 valence electrons. The van der Waals surface area contributed by atoms with E-state index in [2.05, 4.69) is 20.8 Å². The van der Waals surface area contributed by atoms with Gasteiger partial charge in [-0.05, 0) is 50.1 Å². The van der Waals surface area contributed by atoms with Gasteiger partial charge in [-0.2, -0.15) is 0 Å². The molecule has 0 spiro atoms. The van der Waals surface area contributed by atoms with Crippen molar-refractivity contribution in [2.75, 3.05) is 18.2 Å². The number of rotatable bonds is 9. The first-order valence-electron chi connectivity index (χ1n) is 10.6. The maximum absolute atomic E-state index is 12.4. The second-order valence-corrected chi connectivity index (χ2v) is 8.81. The zero-order valence-corrected chi connectivity index (χ0v) is 20.3. The summed E-state index contributed by atoms with van der Waals surface area (Å²) < 4.78 is 6.94. The summed E-state index contributed by atoms with van der Waals surface area (Å²) in [4.78, 5) is 24.8. The second-order valence-electron chi connectivity index (χ2n) is 7.87. The molecule has 33 heavy (non-hydrogen) atoms. The van der Waals surface area contributed by atoms with Crippen LogP contribution in [0.25, 0.3) is 0 Å². The summed E-state index contributed by atoms with van der Waals surface area (Å²) in [5.74, 6) is 1.35. The van der Waals surface area contributed by atoms with Gasteiger partial charge in [-0.15, -0.1) is 10.2 Å². The molecule has 2 N–H and O–H groups in total. The largest absolute Gasteiger partial charge is 0.497 e. The molecule has 9 heteroatoms. The van der Waals surface area contributed by atoms with Crippen LogP contribution in [0.5, 0.6) is 5.75 Å². The summed E-state index contributed by atoms with van der Waals surface area (Å²) in [6.45, 7) is 5.84. The molecule has 0 aliphatic heterocycles. The molecule has 0 radical (unpaired) electrons. The predicted octanol–water partition coefficient (Wildman–Crippen LogP) is 3.59. The summed E-state index contributed by atoms with van der Waals surface area (Å²) in [6, 6.07) is 13.0. The lowest BCUT2D eigenvalue weighted by atomic mass is 10.1. The Bertz CT molecular complexity index is 1130. The van der Waals surface area contributed by atoms with Crippen LogP contribution in [0, 0.1) is 13.8 Å². The SMILES string of the molecule is COc1ccc(CC(=O)N[C@@H](C)c2nnc(SCC(=O)Nc3ccc(C)cc3C)n2C)cc1. The quantitative estimate of drug-likeness (QED) is 0.467. The Morgan fingerprint density at radius 3 is 2.48 bits per heavy atom. The topological polar surface area (TPSA) is 98.1 Å². The van der Waals surface area contributed by atoms with Crippen LogP contribution in [-0.4, -0.2) is 39.4 Å². The number of amides is 2. The number of nitrogens with zero attached hydrogens (tertiary/aromatic N) is 3. The Kier molecular flexibility index (Phi) is 8.11. The van der Waals surface area contributed by atoms with Gasteiger partial charge in [-0.25, -0.2) is 0 Å². The van der Waals surface area contributed by atoms with E-state index >= 15 is 0 Å². The van der Waals surface area contributed by atoms with Gasteiger partial charge in [0.25, 0.3) is 0 Å². The van der Waals surface area contributed by atoms with E-state index in [0.717, 1.165) is 28.1 Å². The molecule has 0 saturated carbocycles. The van der Waals surface area contributed by atoms with E-state index in [9.17, 15) is 9.59 Å². The number of carbonyl (C=O) groups is 2. The number of hydrogen-bond donors (Lipinski definition) is 2.